The van der Waals surface area contributed by atoms with Crippen molar-refractivity contribution in [3.05, 3.63) is 48.5 Å². The summed E-state index contributed by atoms with van der Waals surface area (Å²) in [4.78, 5) is 13.4. The minimum absolute atomic E-state index is 0.0641. The fourth-order valence-electron chi connectivity index (χ4n) is 3.18. The lowest BCUT2D eigenvalue weighted by atomic mass is 9.98. The van der Waals surface area contributed by atoms with Crippen LogP contribution < -0.4 is 10.2 Å². The number of benzene rings is 2. The Hall–Kier alpha value is -2.28. The minimum Gasteiger partial charge on any atom is -0.406 e. The second kappa shape index (κ2) is 9.07. The Labute approximate surface area is 180 Å². The summed E-state index contributed by atoms with van der Waals surface area (Å²) in [5.41, 5.74) is 1.46. The van der Waals surface area contributed by atoms with E-state index in [1.807, 2.05) is 0 Å². The molecule has 31 heavy (non-hydrogen) atoms. The lowest BCUT2D eigenvalue weighted by molar-refractivity contribution is -0.274. The third kappa shape index (κ3) is 5.14. The smallest absolute Gasteiger partial charge is 0.406 e. The summed E-state index contributed by atoms with van der Waals surface area (Å²) in [6, 6.07) is 11.0. The molecule has 2 aromatic rings. The molecule has 3 rings (SSSR count). The van der Waals surface area contributed by atoms with E-state index in [4.69, 9.17) is 9.94 Å². The Balaban J connectivity index is 1.78. The van der Waals surface area contributed by atoms with Crippen LogP contribution in [0.3, 0.4) is 0 Å². The molecular formula is C19H18F3NO6S2. The highest BCUT2D eigenvalue weighted by molar-refractivity contribution is 7.99. The first-order chi connectivity index (χ1) is 14.6. The molecule has 12 heteroatoms. The number of amides is 1. The van der Waals surface area contributed by atoms with E-state index in [-0.39, 0.29) is 36.7 Å². The predicted molar refractivity (Wildman–Crippen MR) is 104 cm³/mol. The van der Waals surface area contributed by atoms with E-state index >= 15 is 0 Å². The highest BCUT2D eigenvalue weighted by Crippen LogP contribution is 2.37. The monoisotopic (exact) mass is 477 g/mol. The van der Waals surface area contributed by atoms with Gasteiger partial charge in [0.2, 0.25) is 0 Å². The number of sulfone groups is 1. The van der Waals surface area contributed by atoms with Gasteiger partial charge >= 0.3 is 6.36 Å². The second-order valence-corrected chi connectivity index (χ2v) is 10.1. The predicted octanol–water partition coefficient (Wildman–Crippen LogP) is 3.56. The Morgan fingerprint density at radius 3 is 2.03 bits per heavy atom. The standard InChI is InChI=1S/C19H18F3NO6S2/c20-19(21,22)29-13-1-3-14(4-2-13)30-15-5-7-16(8-6-15)31(26,27)18(17(24)23-25)9-11-28-12-10-18/h1-8,25H,9-12H2,(H,23,24). The Kier molecular flexibility index (Phi) is 6.84. The molecule has 7 nitrogen and oxygen atoms in total. The normalized spacial score (nSPS) is 16.5. The Morgan fingerprint density at radius 1 is 1.03 bits per heavy atom. The maximum absolute atomic E-state index is 13.2. The summed E-state index contributed by atoms with van der Waals surface area (Å²) in [6.45, 7) is 0.128. The number of hydrogen-bond acceptors (Lipinski definition) is 7. The van der Waals surface area contributed by atoms with E-state index in [0.717, 1.165) is 0 Å². The van der Waals surface area contributed by atoms with Gasteiger partial charge in [-0.25, -0.2) is 13.9 Å². The van der Waals surface area contributed by atoms with Gasteiger partial charge in [0, 0.05) is 23.0 Å². The van der Waals surface area contributed by atoms with Gasteiger partial charge in [0.15, 0.2) is 14.6 Å². The number of halogens is 3. The van der Waals surface area contributed by atoms with Gasteiger partial charge in [0.05, 0.1) is 4.90 Å². The van der Waals surface area contributed by atoms with Crippen LogP contribution in [0.15, 0.2) is 63.2 Å². The van der Waals surface area contributed by atoms with E-state index in [1.165, 1.54) is 65.8 Å². The van der Waals surface area contributed by atoms with Crippen molar-refractivity contribution in [2.24, 2.45) is 0 Å². The summed E-state index contributed by atoms with van der Waals surface area (Å²) in [5, 5.41) is 9.07. The molecule has 0 atom stereocenters. The van der Waals surface area contributed by atoms with E-state index < -0.39 is 26.9 Å². The van der Waals surface area contributed by atoms with Gasteiger partial charge in [-0.05, 0) is 61.4 Å². The first-order valence-corrected chi connectivity index (χ1v) is 11.3. The van der Waals surface area contributed by atoms with Gasteiger partial charge in [-0.1, -0.05) is 11.8 Å². The van der Waals surface area contributed by atoms with Gasteiger partial charge in [0.1, 0.15) is 5.75 Å². The van der Waals surface area contributed by atoms with Gasteiger partial charge in [-0.15, -0.1) is 13.2 Å². The van der Waals surface area contributed by atoms with Crippen molar-refractivity contribution in [3.63, 3.8) is 0 Å². The molecule has 0 aliphatic carbocycles. The number of nitrogens with one attached hydrogen (secondary N) is 1. The van der Waals surface area contributed by atoms with Crippen LogP contribution in [0.2, 0.25) is 0 Å². The van der Waals surface area contributed by atoms with Crippen LogP contribution in [0.4, 0.5) is 13.2 Å². The van der Waals surface area contributed by atoms with E-state index in [2.05, 4.69) is 4.74 Å². The molecule has 0 radical (unpaired) electrons. The molecule has 0 spiro atoms. The van der Waals surface area contributed by atoms with Crippen molar-refractivity contribution < 1.29 is 41.1 Å². The molecule has 1 saturated heterocycles. The quantitative estimate of drug-likeness (QED) is 0.485. The van der Waals surface area contributed by atoms with Crippen LogP contribution >= 0.6 is 11.8 Å². The number of carbonyl (C=O) groups is 1. The first kappa shape index (κ1) is 23.4. The van der Waals surface area contributed by atoms with Crippen LogP contribution in [-0.4, -0.2) is 43.9 Å². The molecule has 1 heterocycles. The average molecular weight is 477 g/mol. The fraction of sp³-hybridized carbons (Fsp3) is 0.316. The average Bonchev–Trinajstić information content (AvgIpc) is 2.74. The number of rotatable bonds is 6. The summed E-state index contributed by atoms with van der Waals surface area (Å²) in [7, 11) is -4.13. The van der Waals surface area contributed by atoms with E-state index in [0.29, 0.717) is 9.79 Å². The molecule has 1 aliphatic heterocycles. The van der Waals surface area contributed by atoms with Gasteiger partial charge < -0.3 is 9.47 Å². The highest BCUT2D eigenvalue weighted by Gasteiger charge is 2.52. The zero-order chi connectivity index (χ0) is 22.7. The third-order valence-corrected chi connectivity index (χ3v) is 8.29. The zero-order valence-corrected chi connectivity index (χ0v) is 17.5. The van der Waals surface area contributed by atoms with Crippen LogP contribution in [0.25, 0.3) is 0 Å². The minimum atomic E-state index is -4.77. The summed E-state index contributed by atoms with van der Waals surface area (Å²) < 4.78 is 70.2. The van der Waals surface area contributed by atoms with Crippen molar-refractivity contribution >= 4 is 27.5 Å². The summed E-state index contributed by atoms with van der Waals surface area (Å²) in [6.07, 6.45) is -4.96. The maximum atomic E-state index is 13.2. The summed E-state index contributed by atoms with van der Waals surface area (Å²) in [5.74, 6) is -1.35. The number of carbonyl (C=O) groups excluding carboxylic acids is 1. The van der Waals surface area contributed by atoms with E-state index in [9.17, 15) is 26.4 Å². The number of ether oxygens (including phenoxy) is 2. The zero-order valence-electron chi connectivity index (χ0n) is 15.9. The third-order valence-electron chi connectivity index (χ3n) is 4.76. The van der Waals surface area contributed by atoms with Crippen LogP contribution in [0.1, 0.15) is 12.8 Å². The molecule has 0 saturated carbocycles. The van der Waals surface area contributed by atoms with Crippen LogP contribution in [0, 0.1) is 0 Å². The molecule has 1 fully saturated rings. The van der Waals surface area contributed by atoms with Crippen molar-refractivity contribution in [3.8, 4) is 5.75 Å². The highest BCUT2D eigenvalue weighted by atomic mass is 32.2. The molecule has 2 N–H and O–H groups in total. The van der Waals surface area contributed by atoms with Crippen molar-refractivity contribution in [2.45, 2.75) is 38.6 Å². The Morgan fingerprint density at radius 2 is 1.55 bits per heavy atom. The number of hydroxylamine groups is 1. The second-order valence-electron chi connectivity index (χ2n) is 6.64. The van der Waals surface area contributed by atoms with Crippen LogP contribution in [-0.2, 0) is 19.4 Å². The molecule has 1 aliphatic rings. The lowest BCUT2D eigenvalue weighted by Crippen LogP contribution is -2.54. The Bertz CT molecular complexity index is 1020. The SMILES string of the molecule is O=C(NO)C1(S(=O)(=O)c2ccc(Sc3ccc(OC(F)(F)F)cc3)cc2)CCOCC1. The molecular weight excluding hydrogens is 459 g/mol. The largest absolute Gasteiger partial charge is 0.573 e. The number of alkyl halides is 3. The molecule has 2 aromatic carbocycles. The van der Waals surface area contributed by atoms with Crippen molar-refractivity contribution in [1.29, 1.82) is 0 Å². The number of hydrogen-bond donors (Lipinski definition) is 2. The molecule has 168 valence electrons. The van der Waals surface area contributed by atoms with Gasteiger partial charge in [-0.2, -0.15) is 0 Å². The van der Waals surface area contributed by atoms with Crippen LogP contribution in [0.5, 0.6) is 5.75 Å². The van der Waals surface area contributed by atoms with Crippen molar-refractivity contribution in [2.75, 3.05) is 13.2 Å². The molecule has 0 bridgehead atoms. The summed E-state index contributed by atoms with van der Waals surface area (Å²) >= 11 is 1.21. The fourth-order valence-corrected chi connectivity index (χ4v) is 5.93. The molecule has 0 unspecified atom stereocenters. The molecule has 0 aromatic heterocycles. The molecule has 1 amide bonds. The van der Waals surface area contributed by atoms with E-state index in [1.54, 1.807) is 0 Å². The van der Waals surface area contributed by atoms with Gasteiger partial charge in [0.25, 0.3) is 5.91 Å². The van der Waals surface area contributed by atoms with Crippen molar-refractivity contribution in [1.82, 2.24) is 5.48 Å². The topological polar surface area (TPSA) is 102 Å². The lowest BCUT2D eigenvalue weighted by Gasteiger charge is -2.34. The first-order valence-electron chi connectivity index (χ1n) is 8.98. The maximum Gasteiger partial charge on any atom is 0.573 e. The van der Waals surface area contributed by atoms with Gasteiger partial charge in [-0.3, -0.25) is 10.0 Å².